The molecule has 2 heterocycles. The molecule has 3 aromatic rings. The Bertz CT molecular complexity index is 883. The molecule has 0 unspecified atom stereocenters. The quantitative estimate of drug-likeness (QED) is 0.716. The minimum Gasteiger partial charge on any atom is -0.459 e. The zero-order valence-electron chi connectivity index (χ0n) is 14.6. The molecule has 1 aromatic heterocycles. The Hall–Kier alpha value is -2.79. The standard InChI is InChI=1S/C21H22N2O3/c24-21(25-13-8-16-4-2-1-3-5-16)20-15-17-14-18(6-7-19(17)26-20)23-11-9-22-10-12-23/h1-7,14-15,22H,8-13H2. The van der Waals surface area contributed by atoms with Gasteiger partial charge in [0.25, 0.3) is 0 Å². The lowest BCUT2D eigenvalue weighted by molar-refractivity contribution is 0.0475. The highest BCUT2D eigenvalue weighted by Gasteiger charge is 2.16. The van der Waals surface area contributed by atoms with Crippen molar-refractivity contribution in [1.82, 2.24) is 5.32 Å². The van der Waals surface area contributed by atoms with Gasteiger partial charge in [-0.15, -0.1) is 0 Å². The van der Waals surface area contributed by atoms with Crippen LogP contribution in [0.15, 0.2) is 59.0 Å². The van der Waals surface area contributed by atoms with E-state index < -0.39 is 5.97 Å². The van der Waals surface area contributed by atoms with Crippen LogP contribution in [0, 0.1) is 0 Å². The molecule has 0 bridgehead atoms. The number of furan rings is 1. The van der Waals surface area contributed by atoms with E-state index in [9.17, 15) is 4.79 Å². The van der Waals surface area contributed by atoms with E-state index in [-0.39, 0.29) is 5.76 Å². The molecule has 2 aromatic carbocycles. The normalized spacial score (nSPS) is 14.5. The van der Waals surface area contributed by atoms with E-state index in [2.05, 4.69) is 16.3 Å². The molecule has 1 aliphatic rings. The first-order chi connectivity index (χ1) is 12.8. The molecule has 1 N–H and O–H groups in total. The van der Waals surface area contributed by atoms with Crippen LogP contribution in [0.1, 0.15) is 16.1 Å². The largest absolute Gasteiger partial charge is 0.459 e. The minimum atomic E-state index is -0.416. The highest BCUT2D eigenvalue weighted by atomic mass is 16.5. The fraction of sp³-hybridized carbons (Fsp3) is 0.286. The number of benzene rings is 2. The maximum absolute atomic E-state index is 12.3. The van der Waals surface area contributed by atoms with Gasteiger partial charge in [-0.05, 0) is 29.8 Å². The summed E-state index contributed by atoms with van der Waals surface area (Å²) in [6.07, 6.45) is 0.694. The maximum Gasteiger partial charge on any atom is 0.374 e. The van der Waals surface area contributed by atoms with Crippen molar-refractivity contribution < 1.29 is 13.9 Å². The van der Waals surface area contributed by atoms with E-state index in [1.54, 1.807) is 6.07 Å². The number of ether oxygens (including phenoxy) is 1. The monoisotopic (exact) mass is 350 g/mol. The molecular weight excluding hydrogens is 328 g/mol. The number of hydrogen-bond donors (Lipinski definition) is 1. The number of rotatable bonds is 5. The predicted molar refractivity (Wildman–Crippen MR) is 102 cm³/mol. The highest BCUT2D eigenvalue weighted by molar-refractivity contribution is 5.93. The number of anilines is 1. The Kier molecular flexibility index (Phi) is 4.88. The Morgan fingerprint density at radius 2 is 1.88 bits per heavy atom. The Morgan fingerprint density at radius 3 is 2.69 bits per heavy atom. The molecule has 0 atom stereocenters. The molecule has 0 aliphatic carbocycles. The van der Waals surface area contributed by atoms with Gasteiger partial charge < -0.3 is 19.4 Å². The number of carbonyl (C=O) groups is 1. The Morgan fingerprint density at radius 1 is 1.08 bits per heavy atom. The van der Waals surface area contributed by atoms with Crippen molar-refractivity contribution in [2.75, 3.05) is 37.7 Å². The average molecular weight is 350 g/mol. The zero-order chi connectivity index (χ0) is 17.8. The van der Waals surface area contributed by atoms with Crippen molar-refractivity contribution in [2.24, 2.45) is 0 Å². The average Bonchev–Trinajstić information content (AvgIpc) is 3.13. The lowest BCUT2D eigenvalue weighted by Gasteiger charge is -2.29. The van der Waals surface area contributed by atoms with Crippen molar-refractivity contribution in [2.45, 2.75) is 6.42 Å². The molecule has 1 aliphatic heterocycles. The van der Waals surface area contributed by atoms with Crippen LogP contribution in [0.5, 0.6) is 0 Å². The second kappa shape index (κ2) is 7.62. The first kappa shape index (κ1) is 16.7. The summed E-state index contributed by atoms with van der Waals surface area (Å²) in [5.41, 5.74) is 3.01. The molecule has 5 nitrogen and oxygen atoms in total. The second-order valence-electron chi connectivity index (χ2n) is 6.44. The topological polar surface area (TPSA) is 54.7 Å². The smallest absolute Gasteiger partial charge is 0.374 e. The molecule has 1 saturated heterocycles. The Balaban J connectivity index is 1.42. The fourth-order valence-electron chi connectivity index (χ4n) is 3.23. The first-order valence-electron chi connectivity index (χ1n) is 9.00. The van der Waals surface area contributed by atoms with Gasteiger partial charge in [0, 0.05) is 43.7 Å². The highest BCUT2D eigenvalue weighted by Crippen LogP contribution is 2.26. The summed E-state index contributed by atoms with van der Waals surface area (Å²) in [5, 5.41) is 4.28. The summed E-state index contributed by atoms with van der Waals surface area (Å²) >= 11 is 0. The van der Waals surface area contributed by atoms with E-state index >= 15 is 0 Å². The molecular formula is C21H22N2O3. The van der Waals surface area contributed by atoms with Crippen LogP contribution in [0.3, 0.4) is 0 Å². The van der Waals surface area contributed by atoms with E-state index in [1.165, 1.54) is 0 Å². The van der Waals surface area contributed by atoms with Crippen LogP contribution >= 0.6 is 0 Å². The van der Waals surface area contributed by atoms with Gasteiger partial charge in [-0.1, -0.05) is 30.3 Å². The summed E-state index contributed by atoms with van der Waals surface area (Å²) in [5.74, 6) is -0.161. The lowest BCUT2D eigenvalue weighted by atomic mass is 10.2. The van der Waals surface area contributed by atoms with Gasteiger partial charge in [0.1, 0.15) is 5.58 Å². The number of nitrogens with one attached hydrogen (secondary N) is 1. The third-order valence-electron chi connectivity index (χ3n) is 4.65. The van der Waals surface area contributed by atoms with E-state index in [0.717, 1.165) is 42.8 Å². The van der Waals surface area contributed by atoms with Crippen molar-refractivity contribution in [3.05, 3.63) is 65.9 Å². The molecule has 134 valence electrons. The minimum absolute atomic E-state index is 0.255. The Labute approximate surface area is 152 Å². The summed E-state index contributed by atoms with van der Waals surface area (Å²) in [7, 11) is 0. The van der Waals surface area contributed by atoms with Gasteiger partial charge in [-0.25, -0.2) is 4.79 Å². The van der Waals surface area contributed by atoms with Gasteiger partial charge >= 0.3 is 5.97 Å². The van der Waals surface area contributed by atoms with Crippen LogP contribution in [0.4, 0.5) is 5.69 Å². The fourth-order valence-corrected chi connectivity index (χ4v) is 3.23. The molecule has 0 radical (unpaired) electrons. The third kappa shape index (κ3) is 3.73. The van der Waals surface area contributed by atoms with Gasteiger partial charge in [-0.3, -0.25) is 0 Å². The van der Waals surface area contributed by atoms with Crippen LogP contribution in [0.25, 0.3) is 11.0 Å². The predicted octanol–water partition coefficient (Wildman–Crippen LogP) is 3.24. The molecule has 4 rings (SSSR count). The number of hydrogen-bond acceptors (Lipinski definition) is 5. The molecule has 26 heavy (non-hydrogen) atoms. The first-order valence-corrected chi connectivity index (χ1v) is 9.00. The van der Waals surface area contributed by atoms with Crippen molar-refractivity contribution in [3.63, 3.8) is 0 Å². The summed E-state index contributed by atoms with van der Waals surface area (Å²) in [4.78, 5) is 14.6. The molecule has 0 saturated carbocycles. The SMILES string of the molecule is O=C(OCCc1ccccc1)c1cc2cc(N3CCNCC3)ccc2o1. The number of piperazine rings is 1. The van der Waals surface area contributed by atoms with Gasteiger partial charge in [0.05, 0.1) is 6.61 Å². The van der Waals surface area contributed by atoms with Gasteiger partial charge in [0.15, 0.2) is 0 Å². The van der Waals surface area contributed by atoms with E-state index in [0.29, 0.717) is 18.6 Å². The number of carbonyl (C=O) groups excluding carboxylic acids is 1. The summed E-state index contributed by atoms with van der Waals surface area (Å²) in [6.45, 7) is 4.28. The van der Waals surface area contributed by atoms with Crippen molar-refractivity contribution in [1.29, 1.82) is 0 Å². The number of fused-ring (bicyclic) bond motifs is 1. The molecule has 1 fully saturated rings. The molecule has 5 heteroatoms. The van der Waals surface area contributed by atoms with E-state index in [4.69, 9.17) is 9.15 Å². The third-order valence-corrected chi connectivity index (χ3v) is 4.65. The van der Waals surface area contributed by atoms with E-state index in [1.807, 2.05) is 42.5 Å². The van der Waals surface area contributed by atoms with Crippen LogP contribution in [-0.4, -0.2) is 38.8 Å². The van der Waals surface area contributed by atoms with Crippen LogP contribution in [0.2, 0.25) is 0 Å². The number of nitrogens with zero attached hydrogens (tertiary/aromatic N) is 1. The van der Waals surface area contributed by atoms with Gasteiger partial charge in [-0.2, -0.15) is 0 Å². The lowest BCUT2D eigenvalue weighted by Crippen LogP contribution is -2.43. The summed E-state index contributed by atoms with van der Waals surface area (Å²) < 4.78 is 11.0. The second-order valence-corrected chi connectivity index (χ2v) is 6.44. The van der Waals surface area contributed by atoms with Crippen LogP contribution in [-0.2, 0) is 11.2 Å². The maximum atomic E-state index is 12.3. The number of esters is 1. The molecule has 0 spiro atoms. The van der Waals surface area contributed by atoms with Crippen molar-refractivity contribution in [3.8, 4) is 0 Å². The van der Waals surface area contributed by atoms with Gasteiger partial charge in [0.2, 0.25) is 5.76 Å². The summed E-state index contributed by atoms with van der Waals surface area (Å²) in [6, 6.07) is 17.8. The molecule has 0 amide bonds. The van der Waals surface area contributed by atoms with Crippen molar-refractivity contribution >= 4 is 22.6 Å². The zero-order valence-corrected chi connectivity index (χ0v) is 14.6. The van der Waals surface area contributed by atoms with Crippen LogP contribution < -0.4 is 10.2 Å².